The third kappa shape index (κ3) is 3.44. The number of benzene rings is 1. The Kier molecular flexibility index (Phi) is 5.13. The van der Waals surface area contributed by atoms with E-state index >= 15 is 0 Å². The lowest BCUT2D eigenvalue weighted by atomic mass is 9.91. The first-order chi connectivity index (χ1) is 10.4. The maximum atomic E-state index is 14.0. The molecule has 0 atom stereocenters. The van der Waals surface area contributed by atoms with Gasteiger partial charge < -0.3 is 14.7 Å². The summed E-state index contributed by atoms with van der Waals surface area (Å²) in [6.07, 6.45) is 3.61. The maximum Gasteiger partial charge on any atom is 0.335 e. The average molecular weight is 309 g/mol. The third-order valence-corrected chi connectivity index (χ3v) is 4.29. The zero-order valence-electron chi connectivity index (χ0n) is 12.7. The van der Waals surface area contributed by atoms with E-state index < -0.39 is 17.7 Å². The van der Waals surface area contributed by atoms with Gasteiger partial charge in [-0.2, -0.15) is 0 Å². The van der Waals surface area contributed by atoms with E-state index in [1.54, 1.807) is 19.1 Å². The van der Waals surface area contributed by atoms with Gasteiger partial charge in [-0.05, 0) is 43.9 Å². The number of carbonyl (C=O) groups is 2. The van der Waals surface area contributed by atoms with Crippen LogP contribution in [0.15, 0.2) is 18.2 Å². The molecule has 0 saturated heterocycles. The van der Waals surface area contributed by atoms with Crippen molar-refractivity contribution in [3.63, 3.8) is 0 Å². The van der Waals surface area contributed by atoms with Gasteiger partial charge in [-0.1, -0.05) is 0 Å². The lowest BCUT2D eigenvalue weighted by Gasteiger charge is -2.34. The van der Waals surface area contributed by atoms with E-state index in [1.165, 1.54) is 12.1 Å². The summed E-state index contributed by atoms with van der Waals surface area (Å²) in [7, 11) is 3.34. The minimum Gasteiger partial charge on any atom is -0.478 e. The van der Waals surface area contributed by atoms with Gasteiger partial charge >= 0.3 is 5.97 Å². The Morgan fingerprint density at radius 2 is 1.91 bits per heavy atom. The van der Waals surface area contributed by atoms with Gasteiger partial charge in [0.05, 0.1) is 17.2 Å². The summed E-state index contributed by atoms with van der Waals surface area (Å²) in [6, 6.07) is 3.41. The lowest BCUT2D eigenvalue weighted by Crippen LogP contribution is -2.40. The molecular weight excluding hydrogens is 289 g/mol. The van der Waals surface area contributed by atoms with Crippen LogP contribution in [0.5, 0.6) is 0 Å². The summed E-state index contributed by atoms with van der Waals surface area (Å²) >= 11 is 0. The van der Waals surface area contributed by atoms with Crippen molar-refractivity contribution in [1.29, 1.82) is 0 Å². The Morgan fingerprint density at radius 3 is 2.41 bits per heavy atom. The molecule has 120 valence electrons. The number of carbonyl (C=O) groups excluding carboxylic acids is 1. The van der Waals surface area contributed by atoms with Crippen LogP contribution >= 0.6 is 0 Å². The zero-order valence-corrected chi connectivity index (χ0v) is 12.7. The molecule has 0 spiro atoms. The van der Waals surface area contributed by atoms with Gasteiger partial charge in [0.1, 0.15) is 5.82 Å². The number of amides is 1. The van der Waals surface area contributed by atoms with Crippen molar-refractivity contribution >= 4 is 11.9 Å². The number of hydrogen-bond donors (Lipinski definition) is 1. The van der Waals surface area contributed by atoms with Crippen molar-refractivity contribution < 1.29 is 23.8 Å². The highest BCUT2D eigenvalue weighted by molar-refractivity contribution is 5.96. The molecule has 6 heteroatoms. The molecule has 0 unspecified atom stereocenters. The molecule has 1 amide bonds. The monoisotopic (exact) mass is 309 g/mol. The molecule has 1 fully saturated rings. The SMILES string of the molecule is COC1CCC(N(C)C(=O)c2ccc(C(=O)O)cc2F)CC1. The molecule has 1 aromatic rings. The van der Waals surface area contributed by atoms with Gasteiger partial charge in [0, 0.05) is 20.2 Å². The fourth-order valence-electron chi connectivity index (χ4n) is 2.85. The number of methoxy groups -OCH3 is 1. The van der Waals surface area contributed by atoms with Crippen LogP contribution in [0.2, 0.25) is 0 Å². The normalized spacial score (nSPS) is 21.4. The fraction of sp³-hybridized carbons (Fsp3) is 0.500. The van der Waals surface area contributed by atoms with E-state index in [0.717, 1.165) is 31.7 Å². The fourth-order valence-corrected chi connectivity index (χ4v) is 2.85. The molecule has 1 N–H and O–H groups in total. The summed E-state index contributed by atoms with van der Waals surface area (Å²) in [4.78, 5) is 24.8. The Hall–Kier alpha value is -1.95. The summed E-state index contributed by atoms with van der Waals surface area (Å²) in [5.74, 6) is -2.44. The Morgan fingerprint density at radius 1 is 1.27 bits per heavy atom. The molecule has 0 aromatic heterocycles. The third-order valence-electron chi connectivity index (χ3n) is 4.29. The zero-order chi connectivity index (χ0) is 16.3. The van der Waals surface area contributed by atoms with Crippen molar-refractivity contribution in [3.8, 4) is 0 Å². The van der Waals surface area contributed by atoms with Crippen LogP contribution < -0.4 is 0 Å². The molecule has 0 radical (unpaired) electrons. The van der Waals surface area contributed by atoms with Crippen LogP contribution in [0.4, 0.5) is 4.39 Å². The molecule has 5 nitrogen and oxygen atoms in total. The topological polar surface area (TPSA) is 66.8 Å². The second kappa shape index (κ2) is 6.87. The number of ether oxygens (including phenoxy) is 1. The van der Waals surface area contributed by atoms with Crippen molar-refractivity contribution in [1.82, 2.24) is 4.90 Å². The number of halogens is 1. The second-order valence-electron chi connectivity index (χ2n) is 5.58. The van der Waals surface area contributed by atoms with Crippen molar-refractivity contribution in [2.24, 2.45) is 0 Å². The molecule has 0 aliphatic heterocycles. The van der Waals surface area contributed by atoms with Gasteiger partial charge in [-0.3, -0.25) is 4.79 Å². The number of nitrogens with zero attached hydrogens (tertiary/aromatic N) is 1. The predicted molar refractivity (Wildman–Crippen MR) is 78.5 cm³/mol. The standard InChI is InChI=1S/C16H20FNO4/c1-18(11-4-6-12(22-2)7-5-11)15(19)13-8-3-10(16(20)21)9-14(13)17/h3,8-9,11-12H,4-7H2,1-2H3,(H,20,21). The molecule has 2 rings (SSSR count). The van der Waals surface area contributed by atoms with Crippen molar-refractivity contribution in [3.05, 3.63) is 35.1 Å². The largest absolute Gasteiger partial charge is 0.478 e. The molecule has 0 heterocycles. The summed E-state index contributed by atoms with van der Waals surface area (Å²) < 4.78 is 19.3. The average Bonchev–Trinajstić information content (AvgIpc) is 2.53. The molecule has 1 aliphatic rings. The smallest absolute Gasteiger partial charge is 0.335 e. The van der Waals surface area contributed by atoms with Crippen molar-refractivity contribution in [2.45, 2.75) is 37.8 Å². The second-order valence-corrected chi connectivity index (χ2v) is 5.58. The molecule has 1 saturated carbocycles. The van der Waals surface area contributed by atoms with Gasteiger partial charge in [0.25, 0.3) is 5.91 Å². The van der Waals surface area contributed by atoms with E-state index in [-0.39, 0.29) is 23.3 Å². The van der Waals surface area contributed by atoms with Crippen LogP contribution in [0.3, 0.4) is 0 Å². The van der Waals surface area contributed by atoms with E-state index in [9.17, 15) is 14.0 Å². The van der Waals surface area contributed by atoms with E-state index in [4.69, 9.17) is 9.84 Å². The molecular formula is C16H20FNO4. The number of carboxylic acids is 1. The maximum absolute atomic E-state index is 14.0. The molecule has 1 aromatic carbocycles. The van der Waals surface area contributed by atoms with Gasteiger partial charge in [-0.15, -0.1) is 0 Å². The Balaban J connectivity index is 2.09. The minimum absolute atomic E-state index is 0.0532. The van der Waals surface area contributed by atoms with Gasteiger partial charge in [0.2, 0.25) is 0 Å². The van der Waals surface area contributed by atoms with Crippen LogP contribution in [0.1, 0.15) is 46.4 Å². The van der Waals surface area contributed by atoms with E-state index in [2.05, 4.69) is 0 Å². The Bertz CT molecular complexity index is 567. The quantitative estimate of drug-likeness (QED) is 0.928. The first kappa shape index (κ1) is 16.4. The van der Waals surface area contributed by atoms with Crippen LogP contribution in [0.25, 0.3) is 0 Å². The van der Waals surface area contributed by atoms with Crippen LogP contribution in [-0.4, -0.2) is 48.2 Å². The van der Waals surface area contributed by atoms with E-state index in [0.29, 0.717) is 0 Å². The summed E-state index contributed by atoms with van der Waals surface area (Å²) in [5.41, 5.74) is -0.265. The number of aromatic carboxylic acids is 1. The highest BCUT2D eigenvalue weighted by Crippen LogP contribution is 2.25. The van der Waals surface area contributed by atoms with Gasteiger partial charge in [-0.25, -0.2) is 9.18 Å². The lowest BCUT2D eigenvalue weighted by molar-refractivity contribution is 0.0384. The molecule has 22 heavy (non-hydrogen) atoms. The van der Waals surface area contributed by atoms with E-state index in [1.807, 2.05) is 0 Å². The highest BCUT2D eigenvalue weighted by atomic mass is 19.1. The minimum atomic E-state index is -1.22. The predicted octanol–water partition coefficient (Wildman–Crippen LogP) is 2.55. The summed E-state index contributed by atoms with van der Waals surface area (Å²) in [6.45, 7) is 0. The van der Waals surface area contributed by atoms with Crippen molar-refractivity contribution in [2.75, 3.05) is 14.2 Å². The van der Waals surface area contributed by atoms with Crippen LogP contribution in [0, 0.1) is 5.82 Å². The number of hydrogen-bond acceptors (Lipinski definition) is 3. The first-order valence-corrected chi connectivity index (χ1v) is 7.26. The number of rotatable bonds is 4. The Labute approximate surface area is 128 Å². The van der Waals surface area contributed by atoms with Gasteiger partial charge in [0.15, 0.2) is 0 Å². The number of carboxylic acid groups (broad SMARTS) is 1. The highest BCUT2D eigenvalue weighted by Gasteiger charge is 2.28. The molecule has 0 bridgehead atoms. The van der Waals surface area contributed by atoms with Crippen LogP contribution in [-0.2, 0) is 4.74 Å². The first-order valence-electron chi connectivity index (χ1n) is 7.26. The molecule has 1 aliphatic carbocycles. The summed E-state index contributed by atoms with van der Waals surface area (Å²) in [5, 5.41) is 8.83.